The van der Waals surface area contributed by atoms with E-state index < -0.39 is 0 Å². The summed E-state index contributed by atoms with van der Waals surface area (Å²) in [6.45, 7) is 1.27. The SMILES string of the molecule is COCCNCC(=O)Nc1ccc(C#N)c(C#N)c1. The van der Waals surface area contributed by atoms with E-state index in [0.29, 0.717) is 24.4 Å². The molecule has 0 atom stereocenters. The number of rotatable bonds is 6. The molecule has 1 amide bonds. The number of hydrogen-bond acceptors (Lipinski definition) is 5. The molecular weight excluding hydrogens is 244 g/mol. The number of nitrogens with one attached hydrogen (secondary N) is 2. The molecule has 0 aliphatic heterocycles. The third-order valence-corrected chi connectivity index (χ3v) is 2.31. The first-order valence-electron chi connectivity index (χ1n) is 5.65. The molecule has 6 heteroatoms. The standard InChI is InChI=1S/C13H14N4O2/c1-19-5-4-16-9-13(18)17-12-3-2-10(7-14)11(6-12)8-15/h2-3,6,16H,4-5,9H2,1H3,(H,17,18). The highest BCUT2D eigenvalue weighted by Crippen LogP contribution is 2.14. The third kappa shape index (κ3) is 4.76. The molecule has 0 aliphatic rings. The number of amides is 1. The molecule has 98 valence electrons. The van der Waals surface area contributed by atoms with Gasteiger partial charge in [-0.2, -0.15) is 10.5 Å². The van der Waals surface area contributed by atoms with Crippen LogP contribution in [-0.2, 0) is 9.53 Å². The van der Waals surface area contributed by atoms with Gasteiger partial charge < -0.3 is 15.4 Å². The number of methoxy groups -OCH3 is 1. The van der Waals surface area contributed by atoms with E-state index in [9.17, 15) is 4.79 Å². The van der Waals surface area contributed by atoms with E-state index in [2.05, 4.69) is 10.6 Å². The molecule has 6 nitrogen and oxygen atoms in total. The highest BCUT2D eigenvalue weighted by atomic mass is 16.5. The van der Waals surface area contributed by atoms with E-state index in [1.54, 1.807) is 13.2 Å². The highest BCUT2D eigenvalue weighted by molar-refractivity contribution is 5.92. The van der Waals surface area contributed by atoms with Gasteiger partial charge in [0.05, 0.1) is 24.3 Å². The average Bonchev–Trinajstić information content (AvgIpc) is 2.43. The first-order valence-corrected chi connectivity index (χ1v) is 5.65. The molecule has 0 aromatic heterocycles. The van der Waals surface area contributed by atoms with E-state index in [4.69, 9.17) is 15.3 Å². The van der Waals surface area contributed by atoms with Crippen molar-refractivity contribution in [3.05, 3.63) is 29.3 Å². The molecule has 19 heavy (non-hydrogen) atoms. The number of anilines is 1. The van der Waals surface area contributed by atoms with Crippen molar-refractivity contribution in [2.75, 3.05) is 32.1 Å². The number of carbonyl (C=O) groups is 1. The molecule has 1 rings (SSSR count). The minimum atomic E-state index is -0.218. The zero-order valence-electron chi connectivity index (χ0n) is 10.6. The summed E-state index contributed by atoms with van der Waals surface area (Å²) >= 11 is 0. The minimum Gasteiger partial charge on any atom is -0.383 e. The molecule has 0 saturated heterocycles. The van der Waals surface area contributed by atoms with Crippen molar-refractivity contribution in [3.63, 3.8) is 0 Å². The third-order valence-electron chi connectivity index (χ3n) is 2.31. The molecule has 0 bridgehead atoms. The maximum Gasteiger partial charge on any atom is 0.238 e. The van der Waals surface area contributed by atoms with Crippen molar-refractivity contribution in [1.82, 2.24) is 5.32 Å². The quantitative estimate of drug-likeness (QED) is 0.728. The maximum absolute atomic E-state index is 11.6. The van der Waals surface area contributed by atoms with Crippen molar-refractivity contribution >= 4 is 11.6 Å². The average molecular weight is 258 g/mol. The normalized spacial score (nSPS) is 9.42. The predicted molar refractivity (Wildman–Crippen MR) is 69.2 cm³/mol. The Morgan fingerprint density at radius 1 is 1.32 bits per heavy atom. The number of nitriles is 2. The zero-order chi connectivity index (χ0) is 14.1. The molecule has 2 N–H and O–H groups in total. The van der Waals surface area contributed by atoms with Crippen LogP contribution in [0.25, 0.3) is 0 Å². The van der Waals surface area contributed by atoms with Crippen LogP contribution in [0.1, 0.15) is 11.1 Å². The summed E-state index contributed by atoms with van der Waals surface area (Å²) in [6, 6.07) is 8.40. The molecule has 0 spiro atoms. The fourth-order valence-corrected chi connectivity index (χ4v) is 1.39. The summed E-state index contributed by atoms with van der Waals surface area (Å²) in [6.07, 6.45) is 0. The van der Waals surface area contributed by atoms with Crippen molar-refractivity contribution in [2.24, 2.45) is 0 Å². The van der Waals surface area contributed by atoms with E-state index in [0.717, 1.165) is 0 Å². The molecule has 0 heterocycles. The predicted octanol–water partition coefficient (Wildman–Crippen LogP) is 0.604. The lowest BCUT2D eigenvalue weighted by molar-refractivity contribution is -0.115. The molecule has 1 aromatic rings. The Hall–Kier alpha value is -2.41. The first-order chi connectivity index (χ1) is 9.21. The van der Waals surface area contributed by atoms with Crippen LogP contribution < -0.4 is 10.6 Å². The van der Waals surface area contributed by atoms with Crippen molar-refractivity contribution in [2.45, 2.75) is 0 Å². The van der Waals surface area contributed by atoms with Gasteiger partial charge in [-0.25, -0.2) is 0 Å². The lowest BCUT2D eigenvalue weighted by Gasteiger charge is -2.07. The van der Waals surface area contributed by atoms with Crippen molar-refractivity contribution < 1.29 is 9.53 Å². The molecule has 0 radical (unpaired) electrons. The second-order valence-corrected chi connectivity index (χ2v) is 3.70. The van der Waals surface area contributed by atoms with Gasteiger partial charge in [0.2, 0.25) is 5.91 Å². The Labute approximate surface area is 111 Å². The number of ether oxygens (including phenoxy) is 1. The van der Waals surface area contributed by atoms with Crippen molar-refractivity contribution in [1.29, 1.82) is 10.5 Å². The molecule has 0 fully saturated rings. The fourth-order valence-electron chi connectivity index (χ4n) is 1.39. The summed E-state index contributed by atoms with van der Waals surface area (Å²) in [5, 5.41) is 23.2. The van der Waals surface area contributed by atoms with Gasteiger partial charge in [-0.1, -0.05) is 0 Å². The van der Waals surface area contributed by atoms with Crippen molar-refractivity contribution in [3.8, 4) is 12.1 Å². The maximum atomic E-state index is 11.6. The topological polar surface area (TPSA) is 97.9 Å². The summed E-state index contributed by atoms with van der Waals surface area (Å²) < 4.78 is 4.84. The molecule has 0 unspecified atom stereocenters. The Kier molecular flexibility index (Phi) is 6.04. The van der Waals surface area contributed by atoms with Crippen LogP contribution in [0.3, 0.4) is 0 Å². The Balaban J connectivity index is 2.56. The van der Waals surface area contributed by atoms with Gasteiger partial charge in [-0.15, -0.1) is 0 Å². The van der Waals surface area contributed by atoms with Crippen LogP contribution in [0.5, 0.6) is 0 Å². The second kappa shape index (κ2) is 7.83. The zero-order valence-corrected chi connectivity index (χ0v) is 10.6. The fraction of sp³-hybridized carbons (Fsp3) is 0.308. The Bertz CT molecular complexity index is 528. The largest absolute Gasteiger partial charge is 0.383 e. The monoisotopic (exact) mass is 258 g/mol. The lowest BCUT2D eigenvalue weighted by atomic mass is 10.1. The van der Waals surface area contributed by atoms with Crippen LogP contribution >= 0.6 is 0 Å². The van der Waals surface area contributed by atoms with Crippen LogP contribution in [0.4, 0.5) is 5.69 Å². The van der Waals surface area contributed by atoms with E-state index >= 15 is 0 Å². The van der Waals surface area contributed by atoms with Gasteiger partial charge in [-0.05, 0) is 18.2 Å². The van der Waals surface area contributed by atoms with Gasteiger partial charge in [0, 0.05) is 19.3 Å². The second-order valence-electron chi connectivity index (χ2n) is 3.70. The molecule has 0 saturated carbocycles. The number of carbonyl (C=O) groups excluding carboxylic acids is 1. The lowest BCUT2D eigenvalue weighted by Crippen LogP contribution is -2.30. The molecule has 0 aliphatic carbocycles. The van der Waals surface area contributed by atoms with E-state index in [-0.39, 0.29) is 18.0 Å². The smallest absolute Gasteiger partial charge is 0.238 e. The summed E-state index contributed by atoms with van der Waals surface area (Å²) in [7, 11) is 1.59. The van der Waals surface area contributed by atoms with Gasteiger partial charge in [0.15, 0.2) is 0 Å². The van der Waals surface area contributed by atoms with Crippen LogP contribution in [0.15, 0.2) is 18.2 Å². The summed E-state index contributed by atoms with van der Waals surface area (Å²) in [5.41, 5.74) is 1.03. The summed E-state index contributed by atoms with van der Waals surface area (Å²) in [4.78, 5) is 11.6. The Morgan fingerprint density at radius 2 is 2.05 bits per heavy atom. The Morgan fingerprint density at radius 3 is 2.68 bits per heavy atom. The minimum absolute atomic E-state index is 0.158. The van der Waals surface area contributed by atoms with Crippen LogP contribution in [0, 0.1) is 22.7 Å². The first kappa shape index (κ1) is 14.7. The van der Waals surface area contributed by atoms with Gasteiger partial charge in [0.1, 0.15) is 12.1 Å². The number of benzene rings is 1. The highest BCUT2D eigenvalue weighted by Gasteiger charge is 2.05. The number of hydrogen-bond donors (Lipinski definition) is 2. The van der Waals surface area contributed by atoms with Gasteiger partial charge >= 0.3 is 0 Å². The number of nitrogens with zero attached hydrogens (tertiary/aromatic N) is 2. The van der Waals surface area contributed by atoms with E-state index in [1.807, 2.05) is 12.1 Å². The summed E-state index contributed by atoms with van der Waals surface area (Å²) in [5.74, 6) is -0.218. The van der Waals surface area contributed by atoms with Crippen LogP contribution in [-0.4, -0.2) is 32.7 Å². The molecule has 1 aromatic carbocycles. The van der Waals surface area contributed by atoms with E-state index in [1.165, 1.54) is 12.1 Å². The molecular formula is C13H14N4O2. The van der Waals surface area contributed by atoms with Gasteiger partial charge in [-0.3, -0.25) is 4.79 Å². The van der Waals surface area contributed by atoms with Gasteiger partial charge in [0.25, 0.3) is 0 Å². The van der Waals surface area contributed by atoms with Crippen LogP contribution in [0.2, 0.25) is 0 Å².